The van der Waals surface area contributed by atoms with Crippen molar-refractivity contribution in [1.29, 1.82) is 0 Å². The Morgan fingerprint density at radius 3 is 2.73 bits per heavy atom. The Kier molecular flexibility index (Phi) is 4.51. The molecule has 1 heterocycles. The predicted octanol–water partition coefficient (Wildman–Crippen LogP) is 2.63. The average Bonchev–Trinajstić information content (AvgIpc) is 3.03. The number of nitrogens with zero attached hydrogens (tertiary/aromatic N) is 3. The summed E-state index contributed by atoms with van der Waals surface area (Å²) in [5.74, 6) is 0.607. The first-order valence-electron chi connectivity index (χ1n) is 7.94. The van der Waals surface area contributed by atoms with Gasteiger partial charge in [-0.1, -0.05) is 31.9 Å². The zero-order valence-electron chi connectivity index (χ0n) is 12.9. The van der Waals surface area contributed by atoms with Gasteiger partial charge in [0.1, 0.15) is 12.7 Å². The van der Waals surface area contributed by atoms with Gasteiger partial charge >= 0.3 is 0 Å². The molecule has 5 nitrogen and oxygen atoms in total. The lowest BCUT2D eigenvalue weighted by atomic mass is 9.86. The molecular formula is C17H22N4O. The maximum absolute atomic E-state index is 12.3. The third-order valence-electron chi connectivity index (χ3n) is 4.46. The highest BCUT2D eigenvalue weighted by molar-refractivity contribution is 5.94. The van der Waals surface area contributed by atoms with Gasteiger partial charge in [-0.2, -0.15) is 5.10 Å². The standard InChI is InChI=1S/C17H22N4O/c1-13-4-2-3-5-16(13)20-17(22)15-8-6-14(7-9-15)10-21-12-18-11-19-21/h6-9,11-13,16H,2-5,10H2,1H3,(H,20,22)/t13-,16+/m0/s1. The number of benzene rings is 1. The van der Waals surface area contributed by atoms with Crippen LogP contribution in [0.2, 0.25) is 0 Å². The molecule has 0 aliphatic heterocycles. The first-order chi connectivity index (χ1) is 10.7. The largest absolute Gasteiger partial charge is 0.349 e. The fraction of sp³-hybridized carbons (Fsp3) is 0.471. The van der Waals surface area contributed by atoms with Crippen LogP contribution in [0.15, 0.2) is 36.9 Å². The minimum absolute atomic E-state index is 0.0334. The van der Waals surface area contributed by atoms with Gasteiger partial charge in [0.25, 0.3) is 5.91 Å². The SMILES string of the molecule is C[C@H]1CCCC[C@H]1NC(=O)c1ccc(Cn2cncn2)cc1. The van der Waals surface area contributed by atoms with Crippen molar-refractivity contribution in [2.75, 3.05) is 0 Å². The van der Waals surface area contributed by atoms with Crippen LogP contribution in [0, 0.1) is 5.92 Å². The van der Waals surface area contributed by atoms with Gasteiger partial charge in [0, 0.05) is 11.6 Å². The quantitative estimate of drug-likeness (QED) is 0.944. The normalized spacial score (nSPS) is 21.5. The van der Waals surface area contributed by atoms with Crippen LogP contribution in [0.1, 0.15) is 48.5 Å². The van der Waals surface area contributed by atoms with E-state index in [9.17, 15) is 4.79 Å². The lowest BCUT2D eigenvalue weighted by Crippen LogP contribution is -2.41. The number of carbonyl (C=O) groups excluding carboxylic acids is 1. The lowest BCUT2D eigenvalue weighted by molar-refractivity contribution is 0.0910. The molecule has 0 spiro atoms. The first-order valence-corrected chi connectivity index (χ1v) is 7.94. The second-order valence-electron chi connectivity index (χ2n) is 6.13. The molecule has 1 aliphatic carbocycles. The van der Waals surface area contributed by atoms with Gasteiger partial charge in [0.2, 0.25) is 0 Å². The van der Waals surface area contributed by atoms with Crippen LogP contribution in [0.25, 0.3) is 0 Å². The minimum Gasteiger partial charge on any atom is -0.349 e. The van der Waals surface area contributed by atoms with Crippen LogP contribution < -0.4 is 5.32 Å². The summed E-state index contributed by atoms with van der Waals surface area (Å²) in [6.07, 6.45) is 8.01. The summed E-state index contributed by atoms with van der Waals surface area (Å²) in [5, 5.41) is 7.26. The van der Waals surface area contributed by atoms with Gasteiger partial charge in [0.15, 0.2) is 0 Å². The molecule has 1 saturated carbocycles. The smallest absolute Gasteiger partial charge is 0.251 e. The number of hydrogen-bond acceptors (Lipinski definition) is 3. The van der Waals surface area contributed by atoms with Crippen molar-refractivity contribution in [3.63, 3.8) is 0 Å². The minimum atomic E-state index is 0.0334. The number of nitrogens with one attached hydrogen (secondary N) is 1. The van der Waals surface area contributed by atoms with Gasteiger partial charge in [-0.3, -0.25) is 4.79 Å². The highest BCUT2D eigenvalue weighted by Crippen LogP contribution is 2.24. The van der Waals surface area contributed by atoms with Crippen LogP contribution in [-0.4, -0.2) is 26.7 Å². The summed E-state index contributed by atoms with van der Waals surface area (Å²) in [5.41, 5.74) is 1.83. The first kappa shape index (κ1) is 14.8. The summed E-state index contributed by atoms with van der Waals surface area (Å²) in [6, 6.07) is 8.03. The molecule has 1 aromatic carbocycles. The molecule has 3 rings (SSSR count). The van der Waals surface area contributed by atoms with Crippen molar-refractivity contribution in [2.45, 2.75) is 45.2 Å². The Labute approximate surface area is 130 Å². The van der Waals surface area contributed by atoms with E-state index in [1.165, 1.54) is 25.6 Å². The number of carbonyl (C=O) groups is 1. The highest BCUT2D eigenvalue weighted by Gasteiger charge is 2.23. The monoisotopic (exact) mass is 298 g/mol. The molecule has 0 unspecified atom stereocenters. The van der Waals surface area contributed by atoms with Gasteiger partial charge in [-0.25, -0.2) is 9.67 Å². The van der Waals surface area contributed by atoms with Crippen molar-refractivity contribution in [1.82, 2.24) is 20.1 Å². The fourth-order valence-corrected chi connectivity index (χ4v) is 3.05. The summed E-state index contributed by atoms with van der Waals surface area (Å²) < 4.78 is 1.76. The second-order valence-corrected chi connectivity index (χ2v) is 6.13. The molecule has 1 amide bonds. The molecule has 0 radical (unpaired) electrons. The Morgan fingerprint density at radius 2 is 2.05 bits per heavy atom. The Hall–Kier alpha value is -2.17. The third kappa shape index (κ3) is 3.53. The number of aromatic nitrogens is 3. The van der Waals surface area contributed by atoms with E-state index in [1.54, 1.807) is 11.0 Å². The average molecular weight is 298 g/mol. The van der Waals surface area contributed by atoms with Crippen molar-refractivity contribution < 1.29 is 4.79 Å². The molecule has 1 aromatic heterocycles. The van der Waals surface area contributed by atoms with Gasteiger partial charge in [-0.15, -0.1) is 0 Å². The molecule has 2 aromatic rings. The number of hydrogen-bond donors (Lipinski definition) is 1. The van der Waals surface area contributed by atoms with Crippen LogP contribution in [0.4, 0.5) is 0 Å². The highest BCUT2D eigenvalue weighted by atomic mass is 16.1. The summed E-state index contributed by atoms with van der Waals surface area (Å²) in [4.78, 5) is 16.3. The van der Waals surface area contributed by atoms with Gasteiger partial charge in [-0.05, 0) is 36.5 Å². The number of rotatable bonds is 4. The van der Waals surface area contributed by atoms with E-state index < -0.39 is 0 Å². The van der Waals surface area contributed by atoms with Crippen LogP contribution in [-0.2, 0) is 6.54 Å². The molecule has 1 aliphatic rings. The number of amides is 1. The molecular weight excluding hydrogens is 276 g/mol. The fourth-order valence-electron chi connectivity index (χ4n) is 3.05. The zero-order chi connectivity index (χ0) is 15.4. The maximum atomic E-state index is 12.3. The van der Waals surface area contributed by atoms with Crippen molar-refractivity contribution in [3.05, 3.63) is 48.0 Å². The third-order valence-corrected chi connectivity index (χ3v) is 4.46. The topological polar surface area (TPSA) is 59.8 Å². The molecule has 5 heteroatoms. The van der Waals surface area contributed by atoms with Crippen molar-refractivity contribution in [3.8, 4) is 0 Å². The lowest BCUT2D eigenvalue weighted by Gasteiger charge is -2.29. The summed E-state index contributed by atoms with van der Waals surface area (Å²) in [6.45, 7) is 2.90. The zero-order valence-corrected chi connectivity index (χ0v) is 12.9. The maximum Gasteiger partial charge on any atom is 0.251 e. The van der Waals surface area contributed by atoms with Crippen LogP contribution in [0.3, 0.4) is 0 Å². The van der Waals surface area contributed by atoms with E-state index in [-0.39, 0.29) is 5.91 Å². The molecule has 2 atom stereocenters. The Bertz CT molecular complexity index is 606. The Balaban J connectivity index is 1.60. The summed E-state index contributed by atoms with van der Waals surface area (Å²) in [7, 11) is 0. The molecule has 116 valence electrons. The van der Waals surface area contributed by atoms with E-state index in [0.29, 0.717) is 18.5 Å². The van der Waals surface area contributed by atoms with Gasteiger partial charge in [0.05, 0.1) is 6.54 Å². The van der Waals surface area contributed by atoms with E-state index in [2.05, 4.69) is 22.3 Å². The van der Waals surface area contributed by atoms with E-state index in [0.717, 1.165) is 17.5 Å². The molecule has 1 fully saturated rings. The van der Waals surface area contributed by atoms with Crippen LogP contribution >= 0.6 is 0 Å². The molecule has 0 bridgehead atoms. The van der Waals surface area contributed by atoms with Crippen LogP contribution in [0.5, 0.6) is 0 Å². The molecule has 22 heavy (non-hydrogen) atoms. The van der Waals surface area contributed by atoms with E-state index in [1.807, 2.05) is 24.3 Å². The van der Waals surface area contributed by atoms with Gasteiger partial charge < -0.3 is 5.32 Å². The van der Waals surface area contributed by atoms with E-state index in [4.69, 9.17) is 0 Å². The Morgan fingerprint density at radius 1 is 1.27 bits per heavy atom. The van der Waals surface area contributed by atoms with Crippen molar-refractivity contribution in [2.24, 2.45) is 5.92 Å². The summed E-state index contributed by atoms with van der Waals surface area (Å²) >= 11 is 0. The van der Waals surface area contributed by atoms with E-state index >= 15 is 0 Å². The molecule has 1 N–H and O–H groups in total. The molecule has 0 saturated heterocycles. The second kappa shape index (κ2) is 6.73. The predicted molar refractivity (Wildman–Crippen MR) is 84.5 cm³/mol. The van der Waals surface area contributed by atoms with Crippen molar-refractivity contribution >= 4 is 5.91 Å².